The maximum Gasteiger partial charge on any atom is 0.222 e. The maximum absolute atomic E-state index is 11.3. The number of nitrogens with two attached hydrogens (primary N) is 1. The number of carbonyl (C=O) groups is 1. The molecule has 0 atom stereocenters. The maximum atomic E-state index is 11.3. The lowest BCUT2D eigenvalue weighted by Crippen LogP contribution is -2.23. The number of ether oxygens (including phenoxy) is 1. The van der Waals surface area contributed by atoms with Gasteiger partial charge in [0.2, 0.25) is 5.95 Å². The van der Waals surface area contributed by atoms with Gasteiger partial charge in [-0.2, -0.15) is 4.98 Å². The fourth-order valence-corrected chi connectivity index (χ4v) is 3.99. The molecule has 150 valence electrons. The molecule has 1 aliphatic carbocycles. The van der Waals surface area contributed by atoms with Gasteiger partial charge in [0.05, 0.1) is 12.1 Å². The van der Waals surface area contributed by atoms with E-state index in [1.807, 2.05) is 37.3 Å². The van der Waals surface area contributed by atoms with Crippen molar-refractivity contribution in [1.29, 1.82) is 0 Å². The minimum absolute atomic E-state index is 0.265. The van der Waals surface area contributed by atoms with Crippen molar-refractivity contribution in [3.05, 3.63) is 42.0 Å². The summed E-state index contributed by atoms with van der Waals surface area (Å²) in [6.07, 6.45) is 6.89. The van der Waals surface area contributed by atoms with Gasteiger partial charge in [-0.3, -0.25) is 4.79 Å². The Bertz CT molecular complexity index is 1030. The van der Waals surface area contributed by atoms with E-state index in [4.69, 9.17) is 10.5 Å². The van der Waals surface area contributed by atoms with Crippen LogP contribution in [-0.4, -0.2) is 28.9 Å². The monoisotopic (exact) mass is 390 g/mol. The molecule has 1 aliphatic rings. The number of hydrogen-bond donors (Lipinski definition) is 2. The highest BCUT2D eigenvalue weighted by Crippen LogP contribution is 2.35. The first-order valence-corrected chi connectivity index (χ1v) is 10.2. The van der Waals surface area contributed by atoms with Gasteiger partial charge in [0.15, 0.2) is 0 Å². The number of aldehydes is 1. The van der Waals surface area contributed by atoms with Crippen molar-refractivity contribution in [3.8, 4) is 16.9 Å². The molecule has 0 aliphatic heterocycles. The van der Waals surface area contributed by atoms with Crippen LogP contribution in [0.1, 0.15) is 49.4 Å². The van der Waals surface area contributed by atoms with Gasteiger partial charge < -0.3 is 15.8 Å². The van der Waals surface area contributed by atoms with Crippen molar-refractivity contribution in [2.75, 3.05) is 17.7 Å². The fraction of sp³-hybridized carbons (Fsp3) is 0.348. The molecule has 3 aromatic rings. The molecule has 0 amide bonds. The fourth-order valence-electron chi connectivity index (χ4n) is 3.99. The summed E-state index contributed by atoms with van der Waals surface area (Å²) in [4.78, 5) is 20.2. The van der Waals surface area contributed by atoms with E-state index in [-0.39, 0.29) is 5.95 Å². The summed E-state index contributed by atoms with van der Waals surface area (Å²) >= 11 is 0. The Balaban J connectivity index is 1.80. The number of nitrogens with one attached hydrogen (secondary N) is 1. The third kappa shape index (κ3) is 4.16. The second-order valence-electron chi connectivity index (χ2n) is 7.45. The van der Waals surface area contributed by atoms with Crippen molar-refractivity contribution in [2.45, 2.75) is 45.1 Å². The number of hydrogen-bond acceptors (Lipinski definition) is 6. The molecule has 0 radical (unpaired) electrons. The van der Waals surface area contributed by atoms with E-state index in [9.17, 15) is 4.79 Å². The molecule has 6 heteroatoms. The molecule has 0 unspecified atom stereocenters. The minimum Gasteiger partial charge on any atom is -0.493 e. The highest BCUT2D eigenvalue weighted by atomic mass is 16.5. The second-order valence-corrected chi connectivity index (χ2v) is 7.45. The molecule has 1 heterocycles. The smallest absolute Gasteiger partial charge is 0.222 e. The van der Waals surface area contributed by atoms with Crippen molar-refractivity contribution < 1.29 is 9.53 Å². The van der Waals surface area contributed by atoms with Crippen LogP contribution in [0.5, 0.6) is 5.75 Å². The van der Waals surface area contributed by atoms with E-state index < -0.39 is 0 Å². The van der Waals surface area contributed by atoms with Gasteiger partial charge in [-0.05, 0) is 55.7 Å². The van der Waals surface area contributed by atoms with Crippen molar-refractivity contribution in [3.63, 3.8) is 0 Å². The topological polar surface area (TPSA) is 90.1 Å². The van der Waals surface area contributed by atoms with E-state index in [1.165, 1.54) is 19.3 Å². The third-order valence-corrected chi connectivity index (χ3v) is 5.41. The number of fused-ring (bicyclic) bond motifs is 1. The Morgan fingerprint density at radius 1 is 1.14 bits per heavy atom. The number of anilines is 2. The van der Waals surface area contributed by atoms with Gasteiger partial charge in [-0.25, -0.2) is 4.98 Å². The largest absolute Gasteiger partial charge is 0.493 e. The number of nitrogen functional groups attached to an aromatic ring is 1. The predicted molar refractivity (Wildman–Crippen MR) is 116 cm³/mol. The molecule has 0 spiro atoms. The average Bonchev–Trinajstić information content (AvgIpc) is 2.75. The molecule has 0 saturated heterocycles. The van der Waals surface area contributed by atoms with Gasteiger partial charge in [0, 0.05) is 22.6 Å². The van der Waals surface area contributed by atoms with Crippen LogP contribution < -0.4 is 15.8 Å². The summed E-state index contributed by atoms with van der Waals surface area (Å²) in [6.45, 7) is 2.50. The number of nitrogens with zero attached hydrogens (tertiary/aromatic N) is 2. The number of carbonyl (C=O) groups excluding carboxylic acids is 1. The first-order chi connectivity index (χ1) is 14.2. The molecule has 1 saturated carbocycles. The van der Waals surface area contributed by atoms with Crippen LogP contribution >= 0.6 is 0 Å². The van der Waals surface area contributed by atoms with Crippen LogP contribution in [0.25, 0.3) is 22.0 Å². The summed E-state index contributed by atoms with van der Waals surface area (Å²) in [5, 5.41) is 4.50. The molecule has 0 bridgehead atoms. The average molecular weight is 390 g/mol. The second kappa shape index (κ2) is 8.47. The normalized spacial score (nSPS) is 14.7. The van der Waals surface area contributed by atoms with Gasteiger partial charge in [0.1, 0.15) is 17.9 Å². The lowest BCUT2D eigenvalue weighted by atomic mass is 9.95. The lowest BCUT2D eigenvalue weighted by Gasteiger charge is -2.24. The number of rotatable bonds is 6. The summed E-state index contributed by atoms with van der Waals surface area (Å²) < 4.78 is 5.79. The molecule has 1 aromatic heterocycles. The quantitative estimate of drug-likeness (QED) is 0.586. The molecule has 3 N–H and O–H groups in total. The van der Waals surface area contributed by atoms with Crippen molar-refractivity contribution in [1.82, 2.24) is 9.97 Å². The standard InChI is InChI=1S/C23H26N4O2/c1-2-29-21-11-8-15(14-28)12-18(21)16-9-10-20-19(13-16)22(27-23(24)26-20)25-17-6-4-3-5-7-17/h8-14,17H,2-7H2,1H3,(H3,24,25,26,27). The first kappa shape index (κ1) is 19.2. The van der Waals surface area contributed by atoms with Crippen LogP contribution in [0, 0.1) is 0 Å². The first-order valence-electron chi connectivity index (χ1n) is 10.2. The van der Waals surface area contributed by atoms with E-state index in [0.717, 1.165) is 52.7 Å². The van der Waals surface area contributed by atoms with Gasteiger partial charge in [-0.15, -0.1) is 0 Å². The Morgan fingerprint density at radius 3 is 2.72 bits per heavy atom. The Morgan fingerprint density at radius 2 is 1.97 bits per heavy atom. The summed E-state index contributed by atoms with van der Waals surface area (Å²) in [6, 6.07) is 11.8. The van der Waals surface area contributed by atoms with Crippen LogP contribution in [0.4, 0.5) is 11.8 Å². The number of benzene rings is 2. The third-order valence-electron chi connectivity index (χ3n) is 5.41. The van der Waals surface area contributed by atoms with Gasteiger partial charge in [0.25, 0.3) is 0 Å². The molecule has 2 aromatic carbocycles. The van der Waals surface area contributed by atoms with Crippen molar-refractivity contribution in [2.24, 2.45) is 0 Å². The summed E-state index contributed by atoms with van der Waals surface area (Å²) in [7, 11) is 0. The minimum atomic E-state index is 0.265. The molecular weight excluding hydrogens is 364 g/mol. The Hall–Kier alpha value is -3.15. The number of aromatic nitrogens is 2. The lowest BCUT2D eigenvalue weighted by molar-refractivity contribution is 0.112. The Labute approximate surface area is 170 Å². The predicted octanol–water partition coefficient (Wildman–Crippen LogP) is 4.83. The SMILES string of the molecule is CCOc1ccc(C=O)cc1-c1ccc2nc(N)nc(NC3CCCCC3)c2c1. The molecular formula is C23H26N4O2. The highest BCUT2D eigenvalue weighted by molar-refractivity contribution is 5.94. The zero-order valence-corrected chi connectivity index (χ0v) is 16.6. The highest BCUT2D eigenvalue weighted by Gasteiger charge is 2.17. The van der Waals surface area contributed by atoms with Crippen LogP contribution in [0.2, 0.25) is 0 Å². The van der Waals surface area contributed by atoms with E-state index in [2.05, 4.69) is 15.3 Å². The van der Waals surface area contributed by atoms with Gasteiger partial charge in [-0.1, -0.05) is 25.3 Å². The van der Waals surface area contributed by atoms with E-state index >= 15 is 0 Å². The van der Waals surface area contributed by atoms with E-state index in [1.54, 1.807) is 6.07 Å². The molecule has 4 rings (SSSR count). The van der Waals surface area contributed by atoms with Crippen LogP contribution in [0.15, 0.2) is 36.4 Å². The Kier molecular flexibility index (Phi) is 5.60. The zero-order valence-electron chi connectivity index (χ0n) is 16.6. The summed E-state index contributed by atoms with van der Waals surface area (Å²) in [5.41, 5.74) is 9.19. The summed E-state index contributed by atoms with van der Waals surface area (Å²) in [5.74, 6) is 1.78. The van der Waals surface area contributed by atoms with Gasteiger partial charge >= 0.3 is 0 Å². The molecule has 1 fully saturated rings. The van der Waals surface area contributed by atoms with Crippen LogP contribution in [0.3, 0.4) is 0 Å². The van der Waals surface area contributed by atoms with Crippen molar-refractivity contribution >= 4 is 29.0 Å². The molecule has 29 heavy (non-hydrogen) atoms. The van der Waals surface area contributed by atoms with Crippen LogP contribution in [-0.2, 0) is 0 Å². The molecule has 6 nitrogen and oxygen atoms in total. The van der Waals surface area contributed by atoms with E-state index in [0.29, 0.717) is 18.2 Å². The zero-order chi connectivity index (χ0) is 20.2.